The Kier molecular flexibility index (Phi) is 8.50. The number of ether oxygens (including phenoxy) is 2. The SMILES string of the molecule is [B]c1ccc(OC)c(COc2c(F)cccc2C(=O)NC(N)=NCCCN2CCCC2)c1. The van der Waals surface area contributed by atoms with Gasteiger partial charge in [0.05, 0.1) is 12.7 Å². The van der Waals surface area contributed by atoms with Crippen LogP contribution in [0.2, 0.25) is 0 Å². The standard InChI is InChI=1S/C23H28BFN4O3/c1-31-20-9-8-17(24)14-16(20)15-32-21-18(6-4-7-19(21)25)22(30)28-23(26)27-10-5-13-29-11-2-3-12-29/h4,6-9,14H,2-3,5,10-13,15H2,1H3,(H3,26,27,28,30). The lowest BCUT2D eigenvalue weighted by Gasteiger charge is -2.15. The lowest BCUT2D eigenvalue weighted by Crippen LogP contribution is -2.37. The molecule has 9 heteroatoms. The number of guanidine groups is 1. The number of para-hydroxylation sites is 1. The monoisotopic (exact) mass is 438 g/mol. The average molecular weight is 438 g/mol. The van der Waals surface area contributed by atoms with Crippen molar-refractivity contribution >= 4 is 25.2 Å². The Hall–Kier alpha value is -3.07. The minimum atomic E-state index is -0.665. The zero-order valence-electron chi connectivity index (χ0n) is 18.3. The van der Waals surface area contributed by atoms with E-state index in [0.717, 1.165) is 26.1 Å². The lowest BCUT2D eigenvalue weighted by atomic mass is 9.94. The van der Waals surface area contributed by atoms with Crippen molar-refractivity contribution in [2.24, 2.45) is 10.7 Å². The number of aliphatic imine (C=N–C) groups is 1. The number of carbonyl (C=O) groups excluding carboxylic acids is 1. The van der Waals surface area contributed by atoms with Gasteiger partial charge in [0, 0.05) is 12.1 Å². The van der Waals surface area contributed by atoms with Gasteiger partial charge >= 0.3 is 0 Å². The van der Waals surface area contributed by atoms with Gasteiger partial charge in [0.25, 0.3) is 5.91 Å². The molecule has 1 aliphatic heterocycles. The van der Waals surface area contributed by atoms with Crippen LogP contribution in [0.4, 0.5) is 4.39 Å². The Bertz CT molecular complexity index is 964. The molecular formula is C23H28BFN4O3. The van der Waals surface area contributed by atoms with E-state index in [4.69, 9.17) is 23.1 Å². The van der Waals surface area contributed by atoms with Crippen LogP contribution < -0.4 is 26.0 Å². The summed E-state index contributed by atoms with van der Waals surface area (Å²) in [6.07, 6.45) is 3.33. The van der Waals surface area contributed by atoms with E-state index in [1.54, 1.807) is 18.2 Å². The third kappa shape index (κ3) is 6.47. The smallest absolute Gasteiger partial charge is 0.261 e. The number of halogens is 1. The molecule has 2 aromatic rings. The van der Waals surface area contributed by atoms with Gasteiger partial charge in [-0.05, 0) is 57.1 Å². The number of amides is 1. The first-order valence-electron chi connectivity index (χ1n) is 10.6. The van der Waals surface area contributed by atoms with Crippen LogP contribution in [0, 0.1) is 5.82 Å². The summed E-state index contributed by atoms with van der Waals surface area (Å²) < 4.78 is 25.4. The molecule has 2 aromatic carbocycles. The predicted molar refractivity (Wildman–Crippen MR) is 123 cm³/mol. The summed E-state index contributed by atoms with van der Waals surface area (Å²) in [6, 6.07) is 9.18. The number of nitrogens with one attached hydrogen (secondary N) is 1. The van der Waals surface area contributed by atoms with Gasteiger partial charge in [0.2, 0.25) is 0 Å². The molecule has 0 spiro atoms. The minimum Gasteiger partial charge on any atom is -0.496 e. The number of rotatable bonds is 9. The molecule has 7 nitrogen and oxygen atoms in total. The normalized spacial score (nSPS) is 14.4. The zero-order valence-corrected chi connectivity index (χ0v) is 18.3. The summed E-state index contributed by atoms with van der Waals surface area (Å²) in [7, 11) is 7.34. The Morgan fingerprint density at radius 2 is 2.06 bits per heavy atom. The molecule has 0 bridgehead atoms. The summed E-state index contributed by atoms with van der Waals surface area (Å²) in [5.41, 5.74) is 7.01. The molecule has 168 valence electrons. The van der Waals surface area contributed by atoms with E-state index < -0.39 is 11.7 Å². The van der Waals surface area contributed by atoms with Gasteiger partial charge in [0.15, 0.2) is 17.5 Å². The van der Waals surface area contributed by atoms with Gasteiger partial charge in [-0.3, -0.25) is 15.1 Å². The fourth-order valence-corrected chi connectivity index (χ4v) is 3.62. The highest BCUT2D eigenvalue weighted by molar-refractivity contribution is 6.32. The van der Waals surface area contributed by atoms with E-state index in [2.05, 4.69) is 15.2 Å². The van der Waals surface area contributed by atoms with Crippen LogP contribution >= 0.6 is 0 Å². The Labute approximate surface area is 189 Å². The largest absolute Gasteiger partial charge is 0.496 e. The van der Waals surface area contributed by atoms with Gasteiger partial charge in [-0.15, -0.1) is 0 Å². The van der Waals surface area contributed by atoms with Crippen molar-refractivity contribution in [2.45, 2.75) is 25.9 Å². The quantitative estimate of drug-likeness (QED) is 0.270. The number of nitrogens with two attached hydrogens (primary N) is 1. The molecule has 32 heavy (non-hydrogen) atoms. The number of methoxy groups -OCH3 is 1. The van der Waals surface area contributed by atoms with E-state index in [1.165, 1.54) is 38.2 Å². The van der Waals surface area contributed by atoms with E-state index in [-0.39, 0.29) is 23.9 Å². The Morgan fingerprint density at radius 1 is 1.28 bits per heavy atom. The molecule has 1 heterocycles. The zero-order chi connectivity index (χ0) is 22.9. The van der Waals surface area contributed by atoms with Crippen LogP contribution in [0.1, 0.15) is 35.2 Å². The molecule has 3 N–H and O–H groups in total. The van der Waals surface area contributed by atoms with Crippen LogP contribution in [0.15, 0.2) is 41.4 Å². The highest BCUT2D eigenvalue weighted by Gasteiger charge is 2.18. The van der Waals surface area contributed by atoms with Crippen molar-refractivity contribution in [3.8, 4) is 11.5 Å². The number of likely N-dealkylation sites (tertiary alicyclic amines) is 1. The Morgan fingerprint density at radius 3 is 2.81 bits per heavy atom. The third-order valence-electron chi connectivity index (χ3n) is 5.24. The molecule has 1 fully saturated rings. The maximum Gasteiger partial charge on any atom is 0.261 e. The highest BCUT2D eigenvalue weighted by Crippen LogP contribution is 2.25. The molecule has 0 saturated carbocycles. The number of benzene rings is 2. The van der Waals surface area contributed by atoms with Gasteiger partial charge in [0.1, 0.15) is 20.2 Å². The summed E-state index contributed by atoms with van der Waals surface area (Å²) in [5, 5.41) is 2.51. The average Bonchev–Trinajstić information content (AvgIpc) is 3.29. The summed E-state index contributed by atoms with van der Waals surface area (Å²) in [4.78, 5) is 19.3. The first-order chi connectivity index (χ1) is 15.5. The first-order valence-corrected chi connectivity index (χ1v) is 10.6. The molecular weight excluding hydrogens is 410 g/mol. The van der Waals surface area contributed by atoms with Crippen molar-refractivity contribution in [3.05, 3.63) is 53.3 Å². The fraction of sp³-hybridized carbons (Fsp3) is 0.391. The van der Waals surface area contributed by atoms with Gasteiger partial charge in [-0.1, -0.05) is 23.7 Å². The summed E-state index contributed by atoms with van der Waals surface area (Å²) >= 11 is 0. The molecule has 0 aliphatic carbocycles. The van der Waals surface area contributed by atoms with Crippen LogP contribution in [-0.4, -0.2) is 57.9 Å². The van der Waals surface area contributed by atoms with Crippen LogP contribution in [0.3, 0.4) is 0 Å². The molecule has 1 saturated heterocycles. The lowest BCUT2D eigenvalue weighted by molar-refractivity contribution is 0.0971. The molecule has 0 aromatic heterocycles. The second-order valence-electron chi connectivity index (χ2n) is 7.60. The number of carbonyl (C=O) groups is 1. The number of nitrogens with zero attached hydrogens (tertiary/aromatic N) is 2. The maximum atomic E-state index is 14.5. The molecule has 0 atom stereocenters. The van der Waals surface area contributed by atoms with E-state index in [1.807, 2.05) is 0 Å². The summed E-state index contributed by atoms with van der Waals surface area (Å²) in [6.45, 7) is 3.68. The molecule has 1 amide bonds. The van der Waals surface area contributed by atoms with Crippen molar-refractivity contribution in [1.82, 2.24) is 10.2 Å². The number of hydrogen-bond acceptors (Lipinski definition) is 5. The van der Waals surface area contributed by atoms with Crippen molar-refractivity contribution in [2.75, 3.05) is 33.3 Å². The third-order valence-corrected chi connectivity index (χ3v) is 5.24. The van der Waals surface area contributed by atoms with Crippen LogP contribution in [0.25, 0.3) is 0 Å². The minimum absolute atomic E-state index is 0.0101. The van der Waals surface area contributed by atoms with Gasteiger partial charge in [-0.25, -0.2) is 4.39 Å². The van der Waals surface area contributed by atoms with E-state index in [9.17, 15) is 9.18 Å². The van der Waals surface area contributed by atoms with Crippen molar-refractivity contribution in [1.29, 1.82) is 0 Å². The van der Waals surface area contributed by atoms with Gasteiger partial charge in [-0.2, -0.15) is 0 Å². The van der Waals surface area contributed by atoms with Gasteiger partial charge < -0.3 is 20.1 Å². The number of hydrogen-bond donors (Lipinski definition) is 2. The predicted octanol–water partition coefficient (Wildman–Crippen LogP) is 1.74. The second-order valence-corrected chi connectivity index (χ2v) is 7.60. The van der Waals surface area contributed by atoms with E-state index in [0.29, 0.717) is 23.3 Å². The van der Waals surface area contributed by atoms with Crippen molar-refractivity contribution in [3.63, 3.8) is 0 Å². The van der Waals surface area contributed by atoms with E-state index >= 15 is 0 Å². The topological polar surface area (TPSA) is 89.2 Å². The fourth-order valence-electron chi connectivity index (χ4n) is 3.62. The maximum absolute atomic E-state index is 14.5. The molecule has 1 aliphatic rings. The highest BCUT2D eigenvalue weighted by atomic mass is 19.1. The first kappa shape index (κ1) is 23.6. The van der Waals surface area contributed by atoms with Crippen LogP contribution in [0.5, 0.6) is 11.5 Å². The van der Waals surface area contributed by atoms with Crippen molar-refractivity contribution < 1.29 is 18.7 Å². The molecule has 3 rings (SSSR count). The second kappa shape index (κ2) is 11.5. The molecule has 2 radical (unpaired) electrons. The Balaban J connectivity index is 1.62. The van der Waals surface area contributed by atoms with Crippen LogP contribution in [-0.2, 0) is 6.61 Å². The molecule has 0 unspecified atom stereocenters. The summed E-state index contributed by atoms with van der Waals surface area (Å²) in [5.74, 6) is -0.909.